The van der Waals surface area contributed by atoms with Gasteiger partial charge in [-0.2, -0.15) is 0 Å². The molecule has 0 aromatic carbocycles. The largest absolute Gasteiger partial charge is 0.282 e. The lowest BCUT2D eigenvalue weighted by Gasteiger charge is -2.20. The van der Waals surface area contributed by atoms with Crippen LogP contribution in [0.15, 0.2) is 0 Å². The number of rotatable bonds is 4. The van der Waals surface area contributed by atoms with Crippen LogP contribution in [0, 0.1) is 23.7 Å². The van der Waals surface area contributed by atoms with Gasteiger partial charge in [0.25, 0.3) is 0 Å². The normalized spacial score (nSPS) is 34.3. The number of carbonyl (C=O) groups excluding carboxylic acids is 2. The molecule has 1 aliphatic carbocycles. The van der Waals surface area contributed by atoms with Crippen molar-refractivity contribution >= 4 is 23.4 Å². The second-order valence-corrected chi connectivity index (χ2v) is 5.81. The van der Waals surface area contributed by atoms with Crippen LogP contribution in [0.5, 0.6) is 0 Å². The Bertz CT molecular complexity index is 307. The number of likely N-dealkylation sites (tertiary alicyclic amines) is 1. The predicted molar refractivity (Wildman–Crippen MR) is 66.6 cm³/mol. The Morgan fingerprint density at radius 1 is 1.29 bits per heavy atom. The molecule has 1 aliphatic heterocycles. The maximum atomic E-state index is 12.2. The van der Waals surface area contributed by atoms with Gasteiger partial charge in [0.05, 0.1) is 11.8 Å². The Kier molecular flexibility index (Phi) is 3.76. The highest BCUT2D eigenvalue weighted by Crippen LogP contribution is 2.44. The summed E-state index contributed by atoms with van der Waals surface area (Å²) in [4.78, 5) is 25.8. The van der Waals surface area contributed by atoms with Crippen LogP contribution in [-0.4, -0.2) is 29.1 Å². The molecule has 4 heteroatoms. The number of halogens is 1. The van der Waals surface area contributed by atoms with Crippen molar-refractivity contribution in [2.24, 2.45) is 23.7 Å². The van der Waals surface area contributed by atoms with Crippen LogP contribution in [0.3, 0.4) is 0 Å². The fraction of sp³-hybridized carbons (Fsp3) is 0.846. The van der Waals surface area contributed by atoms with Crippen molar-refractivity contribution in [3.63, 3.8) is 0 Å². The zero-order valence-electron chi connectivity index (χ0n) is 10.5. The van der Waals surface area contributed by atoms with E-state index < -0.39 is 0 Å². The number of alkyl halides is 1. The smallest absolute Gasteiger partial charge is 0.233 e. The van der Waals surface area contributed by atoms with Gasteiger partial charge in [0.2, 0.25) is 11.8 Å². The van der Waals surface area contributed by atoms with Crippen LogP contribution in [-0.2, 0) is 9.59 Å². The van der Waals surface area contributed by atoms with Crippen LogP contribution in [0.4, 0.5) is 0 Å². The maximum Gasteiger partial charge on any atom is 0.233 e. The molecule has 3 unspecified atom stereocenters. The van der Waals surface area contributed by atoms with Gasteiger partial charge in [-0.1, -0.05) is 20.3 Å². The van der Waals surface area contributed by atoms with Gasteiger partial charge in [-0.05, 0) is 24.7 Å². The zero-order valence-corrected chi connectivity index (χ0v) is 11.2. The Balaban J connectivity index is 2.06. The minimum atomic E-state index is -0.0324. The average Bonchev–Trinajstić information content (AvgIpc) is 2.85. The summed E-state index contributed by atoms with van der Waals surface area (Å²) in [7, 11) is 0. The second kappa shape index (κ2) is 4.97. The molecule has 0 bridgehead atoms. The molecule has 2 fully saturated rings. The van der Waals surface area contributed by atoms with E-state index in [2.05, 4.69) is 6.92 Å². The lowest BCUT2D eigenvalue weighted by Crippen LogP contribution is -2.36. The summed E-state index contributed by atoms with van der Waals surface area (Å²) < 4.78 is 0. The summed E-state index contributed by atoms with van der Waals surface area (Å²) in [6.45, 7) is 4.59. The molecule has 96 valence electrons. The summed E-state index contributed by atoms with van der Waals surface area (Å²) in [5.41, 5.74) is 0. The van der Waals surface area contributed by atoms with Crippen LogP contribution in [0.25, 0.3) is 0 Å². The van der Waals surface area contributed by atoms with Gasteiger partial charge in [-0.3, -0.25) is 14.5 Å². The zero-order chi connectivity index (χ0) is 12.6. The first-order valence-corrected chi connectivity index (χ1v) is 7.03. The first-order valence-electron chi connectivity index (χ1n) is 6.49. The molecule has 1 heterocycles. The molecule has 0 spiro atoms. The number of imide groups is 1. The monoisotopic (exact) mass is 257 g/mol. The molecule has 0 aromatic heterocycles. The summed E-state index contributed by atoms with van der Waals surface area (Å²) in [6, 6.07) is 0. The molecule has 2 rings (SSSR count). The minimum Gasteiger partial charge on any atom is -0.282 e. The summed E-state index contributed by atoms with van der Waals surface area (Å²) in [5.74, 6) is 1.27. The van der Waals surface area contributed by atoms with Crippen molar-refractivity contribution in [3.8, 4) is 0 Å². The highest BCUT2D eigenvalue weighted by molar-refractivity contribution is 6.18. The highest BCUT2D eigenvalue weighted by Gasteiger charge is 2.52. The fourth-order valence-corrected chi connectivity index (χ4v) is 3.17. The molecule has 2 aliphatic rings. The average molecular weight is 258 g/mol. The summed E-state index contributed by atoms with van der Waals surface area (Å²) in [6.07, 6.45) is 2.88. The molecule has 1 saturated heterocycles. The van der Waals surface area contributed by atoms with Gasteiger partial charge in [0.15, 0.2) is 0 Å². The Labute approximate surface area is 107 Å². The van der Waals surface area contributed by atoms with Crippen LogP contribution < -0.4 is 0 Å². The number of hydrogen-bond acceptors (Lipinski definition) is 2. The van der Waals surface area contributed by atoms with E-state index in [-0.39, 0.29) is 29.6 Å². The van der Waals surface area contributed by atoms with E-state index in [4.69, 9.17) is 11.6 Å². The molecule has 0 aromatic rings. The van der Waals surface area contributed by atoms with Gasteiger partial charge < -0.3 is 0 Å². The topological polar surface area (TPSA) is 37.4 Å². The van der Waals surface area contributed by atoms with E-state index >= 15 is 0 Å². The molecule has 0 N–H and O–H groups in total. The van der Waals surface area contributed by atoms with Gasteiger partial charge in [-0.25, -0.2) is 0 Å². The molecule has 0 radical (unpaired) electrons. The van der Waals surface area contributed by atoms with E-state index in [0.717, 1.165) is 19.3 Å². The van der Waals surface area contributed by atoms with Crippen molar-refractivity contribution in [1.29, 1.82) is 0 Å². The van der Waals surface area contributed by atoms with Crippen molar-refractivity contribution in [1.82, 2.24) is 4.90 Å². The van der Waals surface area contributed by atoms with Crippen LogP contribution in [0.1, 0.15) is 33.1 Å². The fourth-order valence-electron chi connectivity index (χ4n) is 3.07. The van der Waals surface area contributed by atoms with Gasteiger partial charge in [0, 0.05) is 12.4 Å². The van der Waals surface area contributed by atoms with Crippen LogP contribution in [0.2, 0.25) is 0 Å². The van der Waals surface area contributed by atoms with Gasteiger partial charge in [0.1, 0.15) is 0 Å². The highest BCUT2D eigenvalue weighted by atomic mass is 35.5. The third-order valence-corrected chi connectivity index (χ3v) is 4.69. The SMILES string of the molecule is CCC1CC2C(=O)N(CC(C)CCl)C(=O)C2C1. The molecule has 3 nitrogen and oxygen atoms in total. The van der Waals surface area contributed by atoms with E-state index in [1.165, 1.54) is 4.90 Å². The van der Waals surface area contributed by atoms with Crippen molar-refractivity contribution in [2.75, 3.05) is 12.4 Å². The molecule has 2 amide bonds. The number of nitrogens with zero attached hydrogens (tertiary/aromatic N) is 1. The number of hydrogen-bond donors (Lipinski definition) is 0. The van der Waals surface area contributed by atoms with Crippen molar-refractivity contribution in [2.45, 2.75) is 33.1 Å². The van der Waals surface area contributed by atoms with E-state index in [1.807, 2.05) is 6.92 Å². The maximum absolute atomic E-state index is 12.2. The van der Waals surface area contributed by atoms with E-state index in [0.29, 0.717) is 18.3 Å². The molecule has 3 atom stereocenters. The van der Waals surface area contributed by atoms with Crippen molar-refractivity contribution < 1.29 is 9.59 Å². The van der Waals surface area contributed by atoms with Gasteiger partial charge >= 0.3 is 0 Å². The van der Waals surface area contributed by atoms with E-state index in [9.17, 15) is 9.59 Å². The lowest BCUT2D eigenvalue weighted by molar-refractivity contribution is -0.141. The van der Waals surface area contributed by atoms with Crippen molar-refractivity contribution in [3.05, 3.63) is 0 Å². The quantitative estimate of drug-likeness (QED) is 0.572. The first-order chi connectivity index (χ1) is 8.08. The van der Waals surface area contributed by atoms with Crippen LogP contribution >= 0.6 is 11.6 Å². The molecule has 17 heavy (non-hydrogen) atoms. The second-order valence-electron chi connectivity index (χ2n) is 5.51. The Morgan fingerprint density at radius 3 is 2.24 bits per heavy atom. The number of carbonyl (C=O) groups is 2. The predicted octanol–water partition coefficient (Wildman–Crippen LogP) is 2.28. The molecule has 1 saturated carbocycles. The standard InChI is InChI=1S/C13H20ClNO2/c1-3-9-4-10-11(5-9)13(17)15(12(10)16)7-8(2)6-14/h8-11H,3-7H2,1-2H3. The first kappa shape index (κ1) is 12.9. The van der Waals surface area contributed by atoms with E-state index in [1.54, 1.807) is 0 Å². The number of amides is 2. The molecular formula is C13H20ClNO2. The summed E-state index contributed by atoms with van der Waals surface area (Å²) >= 11 is 5.74. The number of fused-ring (bicyclic) bond motifs is 1. The summed E-state index contributed by atoms with van der Waals surface area (Å²) in [5, 5.41) is 0. The third-order valence-electron chi connectivity index (χ3n) is 4.16. The Morgan fingerprint density at radius 2 is 1.82 bits per heavy atom. The van der Waals surface area contributed by atoms with Gasteiger partial charge in [-0.15, -0.1) is 11.6 Å². The lowest BCUT2D eigenvalue weighted by atomic mass is 10.00. The minimum absolute atomic E-state index is 0.0324. The third kappa shape index (κ3) is 2.22. The molecular weight excluding hydrogens is 238 g/mol. The Hall–Kier alpha value is -0.570.